The second kappa shape index (κ2) is 42.6. The van der Waals surface area contributed by atoms with Gasteiger partial charge >= 0.3 is 19.8 Å². The van der Waals surface area contributed by atoms with Crippen LogP contribution in [0.15, 0.2) is 48.6 Å². The Morgan fingerprint density at radius 1 is 0.464 bits per heavy atom. The average molecular weight is 809 g/mol. The van der Waals surface area contributed by atoms with Crippen LogP contribution in [0, 0.1) is 0 Å². The molecule has 0 unspecified atom stereocenters. The van der Waals surface area contributed by atoms with Crippen molar-refractivity contribution in [3.8, 4) is 0 Å². The summed E-state index contributed by atoms with van der Waals surface area (Å²) in [5, 5.41) is 0. The topological polar surface area (TPSA) is 119 Å². The molecule has 56 heavy (non-hydrogen) atoms. The quantitative estimate of drug-likeness (QED) is 0.0271. The second-order valence-corrected chi connectivity index (χ2v) is 16.6. The molecule has 326 valence electrons. The van der Waals surface area contributed by atoms with Crippen molar-refractivity contribution in [2.75, 3.05) is 13.2 Å². The highest BCUT2D eigenvalue weighted by molar-refractivity contribution is 7.46. The third-order valence-electron chi connectivity index (χ3n) is 9.82. The lowest BCUT2D eigenvalue weighted by Gasteiger charge is -2.18. The number of hydrogen-bond acceptors (Lipinski definition) is 6. The summed E-state index contributed by atoms with van der Waals surface area (Å²) in [6.07, 6.45) is 52.7. The Bertz CT molecular complexity index is 1050. The van der Waals surface area contributed by atoms with Gasteiger partial charge in [-0.25, -0.2) is 4.57 Å². The summed E-state index contributed by atoms with van der Waals surface area (Å²) in [4.78, 5) is 42.9. The maximum atomic E-state index is 12.4. The number of carbonyl (C=O) groups excluding carboxylic acids is 2. The van der Waals surface area contributed by atoms with Crippen LogP contribution in [0.25, 0.3) is 0 Å². The van der Waals surface area contributed by atoms with Crippen LogP contribution in [0.3, 0.4) is 0 Å². The Balaban J connectivity index is 3.93. The zero-order valence-corrected chi connectivity index (χ0v) is 36.9. The van der Waals surface area contributed by atoms with Crippen molar-refractivity contribution in [1.29, 1.82) is 0 Å². The first kappa shape index (κ1) is 54.0. The van der Waals surface area contributed by atoms with Gasteiger partial charge in [-0.3, -0.25) is 14.1 Å². The predicted octanol–water partition coefficient (Wildman–Crippen LogP) is 14.3. The van der Waals surface area contributed by atoms with Crippen LogP contribution in [0.5, 0.6) is 0 Å². The van der Waals surface area contributed by atoms with E-state index in [1.54, 1.807) is 0 Å². The summed E-state index contributed by atoms with van der Waals surface area (Å²) >= 11 is 0. The molecule has 0 bridgehead atoms. The Labute approximate surface area is 344 Å². The van der Waals surface area contributed by atoms with E-state index in [4.69, 9.17) is 19.3 Å². The predicted molar refractivity (Wildman–Crippen MR) is 234 cm³/mol. The minimum Gasteiger partial charge on any atom is -0.462 e. The first-order valence-electron chi connectivity index (χ1n) is 22.9. The summed E-state index contributed by atoms with van der Waals surface area (Å²) in [6.45, 7) is 3.65. The van der Waals surface area contributed by atoms with Crippen LogP contribution in [0.1, 0.15) is 219 Å². The molecule has 0 amide bonds. The lowest BCUT2D eigenvalue weighted by atomic mass is 10.0. The maximum Gasteiger partial charge on any atom is 0.469 e. The fourth-order valence-corrected chi connectivity index (χ4v) is 6.74. The van der Waals surface area contributed by atoms with Crippen LogP contribution in [-0.4, -0.2) is 41.0 Å². The number of unbranched alkanes of at least 4 members (excludes halogenated alkanes) is 24. The molecule has 2 N–H and O–H groups in total. The van der Waals surface area contributed by atoms with Crippen LogP contribution >= 0.6 is 7.82 Å². The molecule has 0 spiro atoms. The molecule has 0 saturated carbocycles. The van der Waals surface area contributed by atoms with Gasteiger partial charge in [0.25, 0.3) is 0 Å². The Hall–Kier alpha value is -1.99. The smallest absolute Gasteiger partial charge is 0.462 e. The summed E-state index contributed by atoms with van der Waals surface area (Å²) in [7, 11) is -4.77. The van der Waals surface area contributed by atoms with Crippen LogP contribution in [-0.2, 0) is 28.2 Å². The third kappa shape index (κ3) is 44.7. The highest BCUT2D eigenvalue weighted by atomic mass is 31.2. The third-order valence-corrected chi connectivity index (χ3v) is 10.3. The van der Waals surface area contributed by atoms with Gasteiger partial charge in [0.05, 0.1) is 6.61 Å². The molecule has 0 saturated heterocycles. The maximum absolute atomic E-state index is 12.4. The summed E-state index contributed by atoms with van der Waals surface area (Å²) in [5.74, 6) is -0.943. The van der Waals surface area contributed by atoms with Crippen LogP contribution in [0.2, 0.25) is 0 Å². The zero-order chi connectivity index (χ0) is 41.1. The molecule has 0 aliphatic heterocycles. The van der Waals surface area contributed by atoms with Crippen molar-refractivity contribution >= 4 is 19.8 Å². The van der Waals surface area contributed by atoms with E-state index in [0.717, 1.165) is 44.9 Å². The minimum atomic E-state index is -4.77. The van der Waals surface area contributed by atoms with E-state index in [1.165, 1.54) is 135 Å². The highest BCUT2D eigenvalue weighted by Gasteiger charge is 2.22. The largest absolute Gasteiger partial charge is 0.469 e. The molecule has 0 rings (SSSR count). The van der Waals surface area contributed by atoms with E-state index in [1.807, 2.05) is 6.08 Å². The molecule has 8 nitrogen and oxygen atoms in total. The van der Waals surface area contributed by atoms with Gasteiger partial charge in [0.2, 0.25) is 0 Å². The van der Waals surface area contributed by atoms with E-state index in [2.05, 4.69) is 60.9 Å². The zero-order valence-electron chi connectivity index (χ0n) is 36.0. The molecule has 0 aliphatic carbocycles. The molecule has 1 atom stereocenters. The first-order valence-corrected chi connectivity index (χ1v) is 24.5. The molecule has 0 aromatic rings. The molecule has 0 fully saturated rings. The normalized spacial score (nSPS) is 12.9. The molecule has 0 aromatic heterocycles. The van der Waals surface area contributed by atoms with Gasteiger partial charge in [-0.15, -0.1) is 0 Å². The van der Waals surface area contributed by atoms with Crippen molar-refractivity contribution in [3.63, 3.8) is 0 Å². The summed E-state index contributed by atoms with van der Waals surface area (Å²) in [5.41, 5.74) is 0. The molecular weight excluding hydrogens is 723 g/mol. The van der Waals surface area contributed by atoms with Crippen molar-refractivity contribution in [2.45, 2.75) is 225 Å². The molecule has 0 radical (unpaired) electrons. The van der Waals surface area contributed by atoms with Crippen molar-refractivity contribution in [3.05, 3.63) is 48.6 Å². The van der Waals surface area contributed by atoms with Crippen LogP contribution in [0.4, 0.5) is 0 Å². The van der Waals surface area contributed by atoms with Crippen molar-refractivity contribution in [1.82, 2.24) is 0 Å². The van der Waals surface area contributed by atoms with Gasteiger partial charge in [0.15, 0.2) is 6.10 Å². The van der Waals surface area contributed by atoms with Crippen LogP contribution < -0.4 is 0 Å². The van der Waals surface area contributed by atoms with Gasteiger partial charge in [-0.1, -0.05) is 184 Å². The fraction of sp³-hybridized carbons (Fsp3) is 0.787. The van der Waals surface area contributed by atoms with Gasteiger partial charge < -0.3 is 19.3 Å². The second-order valence-electron chi connectivity index (χ2n) is 15.4. The number of allylic oxidation sites excluding steroid dienone is 8. The average Bonchev–Trinajstić information content (AvgIpc) is 3.17. The van der Waals surface area contributed by atoms with Gasteiger partial charge in [-0.05, 0) is 70.6 Å². The number of rotatable bonds is 42. The minimum absolute atomic E-state index is 0.195. The van der Waals surface area contributed by atoms with E-state index in [-0.39, 0.29) is 19.4 Å². The van der Waals surface area contributed by atoms with Gasteiger partial charge in [-0.2, -0.15) is 0 Å². The van der Waals surface area contributed by atoms with Gasteiger partial charge in [0.1, 0.15) is 6.61 Å². The number of hydrogen-bond donors (Lipinski definition) is 2. The number of ether oxygens (including phenoxy) is 2. The van der Waals surface area contributed by atoms with E-state index in [9.17, 15) is 14.2 Å². The van der Waals surface area contributed by atoms with E-state index in [0.29, 0.717) is 12.8 Å². The van der Waals surface area contributed by atoms with E-state index >= 15 is 0 Å². The first-order chi connectivity index (χ1) is 27.3. The van der Waals surface area contributed by atoms with Crippen molar-refractivity contribution in [2.24, 2.45) is 0 Å². The number of esters is 2. The SMILES string of the molecule is CCCCCCCC/C=C/C/C=C/C/C=C/CCCC(=O)OC[C@H](COP(=O)(O)O)OC(=O)CCCCCCCCCCCCC/C=C/CCCCCCCC. The number of carbonyl (C=O) groups is 2. The van der Waals surface area contributed by atoms with Gasteiger partial charge in [0, 0.05) is 12.8 Å². The Morgan fingerprint density at radius 2 is 0.821 bits per heavy atom. The summed E-state index contributed by atoms with van der Waals surface area (Å²) in [6, 6.07) is 0. The Kier molecular flexibility index (Phi) is 41.1. The summed E-state index contributed by atoms with van der Waals surface area (Å²) < 4.78 is 26.4. The Morgan fingerprint density at radius 3 is 1.27 bits per heavy atom. The molecule has 0 aromatic carbocycles. The number of phosphoric acid groups is 1. The number of phosphoric ester groups is 1. The van der Waals surface area contributed by atoms with Crippen molar-refractivity contribution < 1.29 is 37.9 Å². The highest BCUT2D eigenvalue weighted by Crippen LogP contribution is 2.36. The molecule has 9 heteroatoms. The molecule has 0 heterocycles. The standard InChI is InChI=1S/C47H85O8P/c1-3-5-7-9-11-13-15-17-19-21-22-23-24-26-28-30-32-34-36-38-40-42-47(49)55-45(44-54-56(50,51)52)43-53-46(48)41-39-37-35-33-31-29-27-25-20-18-16-14-12-10-8-6-4-2/h17-20,27,29,33,35,45H,3-16,21-26,28,30-32,34,36-44H2,1-2H3,(H2,50,51,52)/b19-17+,20-18+,29-27+,35-33+/t45-/m1/s1. The molecular formula is C47H85O8P. The molecule has 0 aliphatic rings. The van der Waals surface area contributed by atoms with E-state index < -0.39 is 32.5 Å². The fourth-order valence-electron chi connectivity index (χ4n) is 6.38. The lowest BCUT2D eigenvalue weighted by Crippen LogP contribution is -2.29. The lowest BCUT2D eigenvalue weighted by molar-refractivity contribution is -0.161. The monoisotopic (exact) mass is 809 g/mol.